The summed E-state index contributed by atoms with van der Waals surface area (Å²) in [5, 5.41) is 9.54. The van der Waals surface area contributed by atoms with Gasteiger partial charge in [-0.15, -0.1) is 0 Å². The summed E-state index contributed by atoms with van der Waals surface area (Å²) >= 11 is 0. The van der Waals surface area contributed by atoms with Crippen molar-refractivity contribution in [2.45, 2.75) is 44.0 Å². The van der Waals surface area contributed by atoms with E-state index in [1.165, 1.54) is 0 Å². The molecule has 0 aromatic rings. The van der Waals surface area contributed by atoms with E-state index in [0.717, 1.165) is 25.7 Å². The minimum Gasteiger partial charge on any atom is -0.392 e. The molecule has 1 N–H and O–H groups in total. The highest BCUT2D eigenvalue weighted by atomic mass is 32.2. The molecule has 0 radical (unpaired) electrons. The van der Waals surface area contributed by atoms with Crippen LogP contribution in [0.1, 0.15) is 32.6 Å². The van der Waals surface area contributed by atoms with Crippen LogP contribution in [0, 0.1) is 0 Å². The Kier molecular flexibility index (Phi) is 3.52. The van der Waals surface area contributed by atoms with Crippen LogP contribution >= 0.6 is 0 Å². The Morgan fingerprint density at radius 2 is 2.09 bits per heavy atom. The highest BCUT2D eigenvalue weighted by Gasteiger charge is 2.26. The Hall–Kier alpha value is 0.110. The lowest BCUT2D eigenvalue weighted by Gasteiger charge is -2.26. The van der Waals surface area contributed by atoms with Gasteiger partial charge in [0.25, 0.3) is 0 Å². The molecule has 1 aliphatic carbocycles. The van der Waals surface area contributed by atoms with Gasteiger partial charge >= 0.3 is 0 Å². The van der Waals surface area contributed by atoms with Gasteiger partial charge in [-0.25, -0.2) is 0 Å². The number of hydrogen-bond donors (Lipinski definition) is 1. The minimum atomic E-state index is -0.794. The molecule has 0 spiro atoms. The maximum atomic E-state index is 11.3. The highest BCUT2D eigenvalue weighted by molar-refractivity contribution is 7.85. The van der Waals surface area contributed by atoms with Gasteiger partial charge in [0, 0.05) is 16.6 Å². The fourth-order valence-corrected chi connectivity index (χ4v) is 2.94. The van der Waals surface area contributed by atoms with E-state index in [1.54, 1.807) is 0 Å². The predicted molar refractivity (Wildman–Crippen MR) is 46.9 cm³/mol. The van der Waals surface area contributed by atoms with Gasteiger partial charge in [0.05, 0.1) is 11.4 Å². The number of rotatable bonds is 2. The molecule has 0 aromatic heterocycles. The van der Waals surface area contributed by atoms with Crippen LogP contribution in [0.2, 0.25) is 0 Å². The van der Waals surface area contributed by atoms with E-state index in [-0.39, 0.29) is 11.4 Å². The molecule has 3 atom stereocenters. The maximum absolute atomic E-state index is 11.3. The molecule has 0 heterocycles. The van der Waals surface area contributed by atoms with Crippen LogP contribution in [0.25, 0.3) is 0 Å². The third kappa shape index (κ3) is 2.27. The van der Waals surface area contributed by atoms with Crippen LogP contribution in [0.3, 0.4) is 0 Å². The molecule has 0 unspecified atom stereocenters. The SMILES string of the molecule is CC[S@](=O)[C@@H]1CCCC[C@@H]1O. The summed E-state index contributed by atoms with van der Waals surface area (Å²) in [6, 6.07) is 0. The van der Waals surface area contributed by atoms with E-state index in [0.29, 0.717) is 5.75 Å². The number of aliphatic hydroxyl groups excluding tert-OH is 1. The maximum Gasteiger partial charge on any atom is 0.0683 e. The molecule has 1 rings (SSSR count). The molecular formula is C8H16O2S. The first kappa shape index (κ1) is 9.20. The first-order valence-electron chi connectivity index (χ1n) is 4.31. The van der Waals surface area contributed by atoms with Gasteiger partial charge in [0.15, 0.2) is 0 Å². The Morgan fingerprint density at radius 3 is 2.64 bits per heavy atom. The lowest BCUT2D eigenvalue weighted by atomic mass is 9.97. The molecule has 3 heteroatoms. The first-order chi connectivity index (χ1) is 5.25. The van der Waals surface area contributed by atoms with Crippen LogP contribution in [-0.4, -0.2) is 26.4 Å². The summed E-state index contributed by atoms with van der Waals surface area (Å²) in [5.41, 5.74) is 0. The molecule has 11 heavy (non-hydrogen) atoms. The van der Waals surface area contributed by atoms with Crippen molar-refractivity contribution >= 4 is 10.8 Å². The fraction of sp³-hybridized carbons (Fsp3) is 1.00. The van der Waals surface area contributed by atoms with Gasteiger partial charge in [-0.05, 0) is 12.8 Å². The third-order valence-corrected chi connectivity index (χ3v) is 4.08. The predicted octanol–water partition coefficient (Wildman–Crippen LogP) is 1.06. The Morgan fingerprint density at radius 1 is 1.45 bits per heavy atom. The Labute approximate surface area is 70.5 Å². The van der Waals surface area contributed by atoms with Crippen molar-refractivity contribution in [2.24, 2.45) is 0 Å². The molecule has 1 aliphatic rings. The minimum absolute atomic E-state index is 0.0637. The lowest BCUT2D eigenvalue weighted by molar-refractivity contribution is 0.135. The van der Waals surface area contributed by atoms with Crippen LogP contribution < -0.4 is 0 Å². The second kappa shape index (κ2) is 4.21. The molecule has 0 aliphatic heterocycles. The van der Waals surface area contributed by atoms with E-state index in [9.17, 15) is 9.32 Å². The van der Waals surface area contributed by atoms with Crippen LogP contribution in [-0.2, 0) is 10.8 Å². The highest BCUT2D eigenvalue weighted by Crippen LogP contribution is 2.22. The molecular weight excluding hydrogens is 160 g/mol. The topological polar surface area (TPSA) is 37.3 Å². The van der Waals surface area contributed by atoms with Crippen molar-refractivity contribution in [2.75, 3.05) is 5.75 Å². The zero-order valence-electron chi connectivity index (χ0n) is 6.95. The molecule has 66 valence electrons. The van der Waals surface area contributed by atoms with Crippen LogP contribution in [0.5, 0.6) is 0 Å². The molecule has 0 saturated heterocycles. The molecule has 0 bridgehead atoms. The van der Waals surface area contributed by atoms with Gasteiger partial charge < -0.3 is 5.11 Å². The smallest absolute Gasteiger partial charge is 0.0683 e. The average Bonchev–Trinajstić information content (AvgIpc) is 2.04. The summed E-state index contributed by atoms with van der Waals surface area (Å²) in [4.78, 5) is 0. The summed E-state index contributed by atoms with van der Waals surface area (Å²) in [6.45, 7) is 1.91. The molecule has 0 aromatic carbocycles. The van der Waals surface area contributed by atoms with E-state index in [4.69, 9.17) is 0 Å². The normalized spacial score (nSPS) is 35.1. The average molecular weight is 176 g/mol. The molecule has 1 fully saturated rings. The van der Waals surface area contributed by atoms with E-state index in [1.807, 2.05) is 6.92 Å². The Bertz CT molecular complexity index is 147. The monoisotopic (exact) mass is 176 g/mol. The second-order valence-electron chi connectivity index (χ2n) is 3.06. The van der Waals surface area contributed by atoms with Crippen molar-refractivity contribution in [3.63, 3.8) is 0 Å². The number of hydrogen-bond acceptors (Lipinski definition) is 2. The van der Waals surface area contributed by atoms with Crippen LogP contribution in [0.15, 0.2) is 0 Å². The van der Waals surface area contributed by atoms with Crippen LogP contribution in [0.4, 0.5) is 0 Å². The summed E-state index contributed by atoms with van der Waals surface area (Å²) < 4.78 is 11.3. The van der Waals surface area contributed by atoms with E-state index >= 15 is 0 Å². The van der Waals surface area contributed by atoms with Gasteiger partial charge in [-0.3, -0.25) is 4.21 Å². The summed E-state index contributed by atoms with van der Waals surface area (Å²) in [5.74, 6) is 0.682. The van der Waals surface area contributed by atoms with Crippen molar-refractivity contribution in [1.82, 2.24) is 0 Å². The largest absolute Gasteiger partial charge is 0.392 e. The van der Waals surface area contributed by atoms with E-state index in [2.05, 4.69) is 0 Å². The Balaban J connectivity index is 2.47. The quantitative estimate of drug-likeness (QED) is 0.683. The number of aliphatic hydroxyl groups is 1. The molecule has 1 saturated carbocycles. The van der Waals surface area contributed by atoms with Gasteiger partial charge in [0.1, 0.15) is 0 Å². The van der Waals surface area contributed by atoms with Gasteiger partial charge in [0.2, 0.25) is 0 Å². The van der Waals surface area contributed by atoms with Crippen molar-refractivity contribution in [3.05, 3.63) is 0 Å². The summed E-state index contributed by atoms with van der Waals surface area (Å²) in [6.07, 6.45) is 3.72. The second-order valence-corrected chi connectivity index (χ2v) is 5.00. The standard InChI is InChI=1S/C8H16O2S/c1-2-11(10)8-6-4-3-5-7(8)9/h7-9H,2-6H2,1H3/t7-,8+,11-/m0/s1. The van der Waals surface area contributed by atoms with Gasteiger partial charge in [-0.1, -0.05) is 19.8 Å². The lowest BCUT2D eigenvalue weighted by Crippen LogP contribution is -2.34. The zero-order valence-corrected chi connectivity index (χ0v) is 7.77. The third-order valence-electron chi connectivity index (χ3n) is 2.29. The molecule has 0 amide bonds. The first-order valence-corrected chi connectivity index (χ1v) is 5.69. The van der Waals surface area contributed by atoms with Crippen molar-refractivity contribution in [3.8, 4) is 0 Å². The van der Waals surface area contributed by atoms with Crippen molar-refractivity contribution in [1.29, 1.82) is 0 Å². The van der Waals surface area contributed by atoms with Crippen molar-refractivity contribution < 1.29 is 9.32 Å². The fourth-order valence-electron chi connectivity index (χ4n) is 1.60. The van der Waals surface area contributed by atoms with Gasteiger partial charge in [-0.2, -0.15) is 0 Å². The van der Waals surface area contributed by atoms with E-state index < -0.39 is 10.8 Å². The summed E-state index contributed by atoms with van der Waals surface area (Å²) in [7, 11) is -0.794. The molecule has 2 nitrogen and oxygen atoms in total. The zero-order chi connectivity index (χ0) is 8.27.